The lowest BCUT2D eigenvalue weighted by molar-refractivity contribution is -0.125. The number of H-pyrrole nitrogens is 1. The van der Waals surface area contributed by atoms with Crippen molar-refractivity contribution in [1.29, 1.82) is 0 Å². The summed E-state index contributed by atoms with van der Waals surface area (Å²) in [5.41, 5.74) is 9.25. The number of carbonyl (C=O) groups excluding carboxylic acids is 2. The Balaban J connectivity index is 0.000000157. The summed E-state index contributed by atoms with van der Waals surface area (Å²) in [7, 11) is 4.43. The van der Waals surface area contributed by atoms with Gasteiger partial charge < -0.3 is 50.3 Å². The highest BCUT2D eigenvalue weighted by molar-refractivity contribution is 5.95. The van der Waals surface area contributed by atoms with Gasteiger partial charge in [0.2, 0.25) is 0 Å². The van der Waals surface area contributed by atoms with Gasteiger partial charge in [-0.25, -0.2) is 0 Å². The molecule has 4 aliphatic carbocycles. The lowest BCUT2D eigenvalue weighted by Crippen LogP contribution is -2.61. The summed E-state index contributed by atoms with van der Waals surface area (Å²) in [6.45, 7) is 22.1. The molecular weight excluding hydrogens is 1060 g/mol. The number of likely N-dealkylation sites (N-methyl/N-ethyl adjacent to an activating group) is 2. The number of nitrogens with zero attached hydrogens (tertiary/aromatic N) is 3. The van der Waals surface area contributed by atoms with Gasteiger partial charge in [-0.3, -0.25) is 9.59 Å². The maximum Gasteiger partial charge on any atom is 0.271 e. The lowest BCUT2D eigenvalue weighted by Gasteiger charge is -2.58. The number of phenols is 4. The van der Waals surface area contributed by atoms with Gasteiger partial charge in [-0.2, -0.15) is 0 Å². The van der Waals surface area contributed by atoms with Crippen LogP contribution in [0.4, 0.5) is 0 Å². The number of amides is 1. The molecule has 2 saturated heterocycles. The molecule has 6 atom stereocenters. The number of ketones is 1. The van der Waals surface area contributed by atoms with Crippen molar-refractivity contribution in [3.8, 4) is 23.0 Å². The fraction of sp³-hybridized carbons (Fsp3) is 0.589. The Morgan fingerprint density at radius 2 is 1.34 bits per heavy atom. The number of hydrogen-bond acceptors (Lipinski definition) is 10. The molecule has 0 radical (unpaired) electrons. The smallest absolute Gasteiger partial charge is 0.271 e. The molecule has 4 aromatic carbocycles. The zero-order valence-electron chi connectivity index (χ0n) is 53.4. The Bertz CT molecular complexity index is 3060. The standard InChI is InChI=1S/C28H39N3O3.C16H22O2.C15H23NO.C14H20O2/c1-15(2)31(16(3)4)27(34)25-17(5)20-12-21-23-11-18-7-8-19(14-32)26(33)24(18)28(21,9-10-30(23)6)13-22(20)29-25;1-3-15(18)16(9-7-12(2)8-10-16)13-5-4-6-14(17)11-13;1-3-15(9-4-5-10-16(2)12-15)13-7-6-8-14(17)11-13;1-2-11-6-3-4-9-14(11,16)12-7-5-8-13(15)10-12/h7-8,15-16,21,23,29,32-33H,9-14H2,1-6H3;4-6,11-12,17H,3,7-10H2,1-2H3;6-8,11,17H,3-5,9-10,12H2,1-2H3;5,7-8,10-11,15-16H,2-4,6,9H2,1H3/t21-,23+,28-;;;11-,14+/m0..0/s1. The van der Waals surface area contributed by atoms with Crippen molar-refractivity contribution in [3.63, 3.8) is 0 Å². The van der Waals surface area contributed by atoms with Gasteiger partial charge >= 0.3 is 0 Å². The monoisotopic (exact) mass is 1160 g/mol. The van der Waals surface area contributed by atoms with Crippen LogP contribution in [0.5, 0.6) is 23.0 Å². The minimum absolute atomic E-state index is 0.0725. The molecule has 464 valence electrons. The summed E-state index contributed by atoms with van der Waals surface area (Å²) in [6, 6.07) is 26.8. The predicted molar refractivity (Wildman–Crippen MR) is 342 cm³/mol. The van der Waals surface area contributed by atoms with Gasteiger partial charge in [0.05, 0.1) is 17.6 Å². The molecule has 11 rings (SSSR count). The zero-order chi connectivity index (χ0) is 61.6. The molecule has 85 heavy (non-hydrogen) atoms. The first-order valence-corrected chi connectivity index (χ1v) is 32.5. The Kier molecular flexibility index (Phi) is 21.2. The van der Waals surface area contributed by atoms with Gasteiger partial charge in [-0.15, -0.1) is 0 Å². The summed E-state index contributed by atoms with van der Waals surface area (Å²) in [4.78, 5) is 36.5. The lowest BCUT2D eigenvalue weighted by atomic mass is 9.52. The second-order valence-electron chi connectivity index (χ2n) is 27.2. The van der Waals surface area contributed by atoms with Crippen molar-refractivity contribution in [3.05, 3.63) is 141 Å². The first-order chi connectivity index (χ1) is 40.5. The number of aromatic hydroxyl groups is 4. The van der Waals surface area contributed by atoms with E-state index in [0.717, 1.165) is 130 Å². The number of likely N-dealkylation sites (tertiary alicyclic amines) is 2. The van der Waals surface area contributed by atoms with Crippen molar-refractivity contribution >= 4 is 11.7 Å². The second kappa shape index (κ2) is 27.6. The zero-order valence-corrected chi connectivity index (χ0v) is 53.4. The van der Waals surface area contributed by atoms with E-state index in [4.69, 9.17) is 0 Å². The van der Waals surface area contributed by atoms with Gasteiger partial charge in [-0.1, -0.05) is 102 Å². The molecule has 12 heteroatoms. The van der Waals surface area contributed by atoms with Gasteiger partial charge in [0, 0.05) is 58.7 Å². The van der Waals surface area contributed by atoms with Crippen LogP contribution in [0, 0.1) is 24.7 Å². The molecule has 6 aliphatic rings. The van der Waals surface area contributed by atoms with Crippen molar-refractivity contribution in [2.75, 3.05) is 33.7 Å². The number of fused-ring (bicyclic) bond motifs is 2. The summed E-state index contributed by atoms with van der Waals surface area (Å²) in [5.74, 6) is 2.96. The number of piperidine rings is 1. The van der Waals surface area contributed by atoms with Gasteiger partial charge in [-0.05, 0) is 233 Å². The normalized spacial score (nSPS) is 27.3. The number of aromatic amines is 1. The number of hydrogen-bond donors (Lipinski definition) is 7. The van der Waals surface area contributed by atoms with E-state index in [2.05, 4.69) is 96.4 Å². The van der Waals surface area contributed by atoms with Crippen molar-refractivity contribution in [1.82, 2.24) is 19.7 Å². The van der Waals surface area contributed by atoms with Crippen molar-refractivity contribution < 1.29 is 40.2 Å². The molecule has 4 fully saturated rings. The number of aliphatic hydroxyl groups excluding tert-OH is 1. The van der Waals surface area contributed by atoms with Crippen LogP contribution < -0.4 is 0 Å². The molecule has 2 bridgehead atoms. The van der Waals surface area contributed by atoms with Crippen LogP contribution in [0.1, 0.15) is 212 Å². The fourth-order valence-corrected chi connectivity index (χ4v) is 16.6. The van der Waals surface area contributed by atoms with Crippen LogP contribution in [0.25, 0.3) is 0 Å². The number of Topliss-reactive ketones (excluding diaryl/α,β-unsaturated/α-hetero) is 1. The van der Waals surface area contributed by atoms with Crippen molar-refractivity contribution in [2.45, 2.75) is 224 Å². The minimum Gasteiger partial charge on any atom is -0.508 e. The van der Waals surface area contributed by atoms with E-state index in [1.165, 1.54) is 48.9 Å². The van der Waals surface area contributed by atoms with E-state index in [1.54, 1.807) is 30.3 Å². The number of aliphatic hydroxyl groups is 2. The first kappa shape index (κ1) is 65.3. The molecule has 5 aromatic rings. The molecular formula is C73H104N4O8. The largest absolute Gasteiger partial charge is 0.508 e. The van der Waals surface area contributed by atoms with Gasteiger partial charge in [0.25, 0.3) is 5.91 Å². The van der Waals surface area contributed by atoms with Gasteiger partial charge in [0.15, 0.2) is 0 Å². The van der Waals surface area contributed by atoms with Crippen LogP contribution in [-0.4, -0.2) is 114 Å². The van der Waals surface area contributed by atoms with Crippen LogP contribution in [-0.2, 0) is 52.5 Å². The summed E-state index contributed by atoms with van der Waals surface area (Å²) in [5, 5.41) is 60.8. The number of phenolic OH excluding ortho intramolecular Hbond substituents is 3. The van der Waals surface area contributed by atoms with Gasteiger partial charge in [0.1, 0.15) is 34.5 Å². The Morgan fingerprint density at radius 1 is 0.729 bits per heavy atom. The number of nitrogens with one attached hydrogen (secondary N) is 1. The topological polar surface area (TPSA) is 181 Å². The van der Waals surface area contributed by atoms with Crippen LogP contribution in [0.2, 0.25) is 0 Å². The molecule has 1 aromatic heterocycles. The minimum atomic E-state index is -0.730. The van der Waals surface area contributed by atoms with Crippen LogP contribution in [0.15, 0.2) is 84.9 Å². The first-order valence-electron chi connectivity index (χ1n) is 32.5. The average Bonchev–Trinajstić information content (AvgIpc) is 1.68. The van der Waals surface area contributed by atoms with E-state index < -0.39 is 5.60 Å². The molecule has 12 nitrogen and oxygen atoms in total. The van der Waals surface area contributed by atoms with E-state index >= 15 is 0 Å². The molecule has 2 aliphatic heterocycles. The Labute approximate surface area is 509 Å². The molecule has 1 unspecified atom stereocenters. The van der Waals surface area contributed by atoms with Crippen LogP contribution in [0.3, 0.4) is 0 Å². The molecule has 3 heterocycles. The van der Waals surface area contributed by atoms with E-state index in [-0.39, 0.29) is 58.1 Å². The molecule has 1 amide bonds. The maximum atomic E-state index is 13.6. The summed E-state index contributed by atoms with van der Waals surface area (Å²) >= 11 is 0. The Morgan fingerprint density at radius 3 is 1.94 bits per heavy atom. The van der Waals surface area contributed by atoms with E-state index in [1.807, 2.05) is 54.3 Å². The number of rotatable bonds is 11. The fourth-order valence-electron chi connectivity index (χ4n) is 16.6. The second-order valence-corrected chi connectivity index (χ2v) is 27.2. The number of carbonyl (C=O) groups is 2. The highest BCUT2D eigenvalue weighted by Gasteiger charge is 2.56. The maximum absolute atomic E-state index is 13.6. The third-order valence-electron chi connectivity index (χ3n) is 21.5. The quantitative estimate of drug-likeness (QED) is 0.0673. The Hall–Kier alpha value is -5.66. The van der Waals surface area contributed by atoms with Crippen LogP contribution >= 0.6 is 0 Å². The molecule has 7 N–H and O–H groups in total. The van der Waals surface area contributed by atoms with E-state index in [9.17, 15) is 40.2 Å². The third-order valence-corrected chi connectivity index (χ3v) is 21.5. The number of benzene rings is 4. The predicted octanol–water partition coefficient (Wildman–Crippen LogP) is 13.8. The molecule has 0 spiro atoms. The average molecular weight is 1170 g/mol. The number of aromatic nitrogens is 1. The summed E-state index contributed by atoms with van der Waals surface area (Å²) in [6.07, 6.45) is 18.3. The highest BCUT2D eigenvalue weighted by atomic mass is 16.3. The van der Waals surface area contributed by atoms with Crippen molar-refractivity contribution in [2.24, 2.45) is 17.8 Å². The third kappa shape index (κ3) is 13.4. The molecule has 2 saturated carbocycles. The SMILES string of the molecule is CCC(=O)C1(c2cccc(O)c2)CCC(C)CC1.CCC1(c2cccc(O)c2)CCCCN(C)C1.CC[C@H]1CCCC[C@]1(O)c1cccc(O)c1.Cc1c(C(=O)N(C(C)C)C(C)C)[nH]c2c1C[C@H]1[C@H]3Cc4ccc(CO)c(O)c4[C@@]1(CCN3C)C2. The highest BCUT2D eigenvalue weighted by Crippen LogP contribution is 2.58. The summed E-state index contributed by atoms with van der Waals surface area (Å²) < 4.78 is 0. The van der Waals surface area contributed by atoms with E-state index in [0.29, 0.717) is 47.3 Å².